The standard InChI is InChI=1S/C29H27N3O4/c1-35-24-13-12-19(14-25(24)36-2)28-27-21(20-10-6-7-11-22(20)30-27)15-23-29(34)31(17-26(33)32(23)28)16-18-8-4-3-5-9-18/h3-14,23,28,30H,15-17H2,1-2H3. The Morgan fingerprint density at radius 2 is 1.67 bits per heavy atom. The number of amides is 2. The highest BCUT2D eigenvalue weighted by atomic mass is 16.5. The van der Waals surface area contributed by atoms with Gasteiger partial charge in [-0.1, -0.05) is 54.6 Å². The number of fused-ring (bicyclic) bond motifs is 4. The van der Waals surface area contributed by atoms with Gasteiger partial charge in [0.2, 0.25) is 11.8 Å². The Morgan fingerprint density at radius 1 is 0.917 bits per heavy atom. The third-order valence-corrected chi connectivity index (χ3v) is 7.28. The van der Waals surface area contributed by atoms with Crippen molar-refractivity contribution in [3.05, 3.63) is 95.2 Å². The van der Waals surface area contributed by atoms with E-state index in [1.165, 1.54) is 0 Å². The largest absolute Gasteiger partial charge is 0.493 e. The van der Waals surface area contributed by atoms with Gasteiger partial charge in [-0.05, 0) is 34.9 Å². The molecule has 6 rings (SSSR count). The Morgan fingerprint density at radius 3 is 2.44 bits per heavy atom. The average molecular weight is 482 g/mol. The van der Waals surface area contributed by atoms with Crippen LogP contribution in [0.2, 0.25) is 0 Å². The van der Waals surface area contributed by atoms with Gasteiger partial charge in [0.15, 0.2) is 11.5 Å². The van der Waals surface area contributed by atoms with Crippen LogP contribution in [-0.4, -0.2) is 53.4 Å². The molecule has 1 saturated heterocycles. The first kappa shape index (κ1) is 22.2. The van der Waals surface area contributed by atoms with E-state index in [9.17, 15) is 9.59 Å². The Hall–Kier alpha value is -4.26. The third kappa shape index (κ3) is 3.50. The second-order valence-corrected chi connectivity index (χ2v) is 9.28. The molecule has 7 heteroatoms. The molecule has 3 heterocycles. The van der Waals surface area contributed by atoms with Crippen LogP contribution in [0.3, 0.4) is 0 Å². The van der Waals surface area contributed by atoms with E-state index in [1.807, 2.05) is 66.7 Å². The number of aromatic nitrogens is 1. The SMILES string of the molecule is COc1ccc(C2c3[nH]c4ccccc4c3CC3C(=O)N(Cc4ccccc4)CC(=O)N32)cc1OC. The fraction of sp³-hybridized carbons (Fsp3) is 0.241. The fourth-order valence-electron chi connectivity index (χ4n) is 5.63. The first-order valence-corrected chi connectivity index (χ1v) is 12.0. The Labute approximate surface area is 209 Å². The summed E-state index contributed by atoms with van der Waals surface area (Å²) in [5.74, 6) is 1.09. The number of aromatic amines is 1. The summed E-state index contributed by atoms with van der Waals surface area (Å²) >= 11 is 0. The van der Waals surface area contributed by atoms with E-state index in [-0.39, 0.29) is 18.4 Å². The normalized spacial score (nSPS) is 19.3. The van der Waals surface area contributed by atoms with Crippen LogP contribution in [0.5, 0.6) is 11.5 Å². The van der Waals surface area contributed by atoms with Gasteiger partial charge >= 0.3 is 0 Å². The quantitative estimate of drug-likeness (QED) is 0.466. The summed E-state index contributed by atoms with van der Waals surface area (Å²) in [6.45, 7) is 0.459. The number of benzene rings is 3. The van der Waals surface area contributed by atoms with E-state index in [4.69, 9.17) is 9.47 Å². The lowest BCUT2D eigenvalue weighted by molar-refractivity contribution is -0.159. The lowest BCUT2D eigenvalue weighted by atomic mass is 9.86. The second kappa shape index (κ2) is 8.75. The van der Waals surface area contributed by atoms with Crippen LogP contribution in [0.1, 0.15) is 28.4 Å². The summed E-state index contributed by atoms with van der Waals surface area (Å²) < 4.78 is 11.0. The molecule has 0 radical (unpaired) electrons. The molecule has 7 nitrogen and oxygen atoms in total. The molecular weight excluding hydrogens is 454 g/mol. The first-order chi connectivity index (χ1) is 17.6. The molecule has 4 aromatic rings. The van der Waals surface area contributed by atoms with Gasteiger partial charge in [-0.15, -0.1) is 0 Å². The average Bonchev–Trinajstić information content (AvgIpc) is 3.29. The van der Waals surface area contributed by atoms with Crippen molar-refractivity contribution in [1.82, 2.24) is 14.8 Å². The fourth-order valence-corrected chi connectivity index (χ4v) is 5.63. The van der Waals surface area contributed by atoms with Gasteiger partial charge < -0.3 is 24.3 Å². The molecule has 0 spiro atoms. The maximum atomic E-state index is 13.9. The summed E-state index contributed by atoms with van der Waals surface area (Å²) in [7, 11) is 3.19. The predicted octanol–water partition coefficient (Wildman–Crippen LogP) is 4.07. The third-order valence-electron chi connectivity index (χ3n) is 7.28. The molecule has 1 aromatic heterocycles. The minimum absolute atomic E-state index is 0.0279. The highest BCUT2D eigenvalue weighted by molar-refractivity contribution is 5.97. The van der Waals surface area contributed by atoms with Gasteiger partial charge in [0.05, 0.1) is 20.3 Å². The van der Waals surface area contributed by atoms with Crippen LogP contribution in [0.4, 0.5) is 0 Å². The minimum atomic E-state index is -0.584. The molecule has 3 aromatic carbocycles. The smallest absolute Gasteiger partial charge is 0.246 e. The van der Waals surface area contributed by atoms with Gasteiger partial charge in [-0.3, -0.25) is 9.59 Å². The topological polar surface area (TPSA) is 74.9 Å². The second-order valence-electron chi connectivity index (χ2n) is 9.28. The molecule has 2 aliphatic rings. The van der Waals surface area contributed by atoms with Gasteiger partial charge in [-0.25, -0.2) is 0 Å². The molecule has 0 saturated carbocycles. The molecule has 2 amide bonds. The van der Waals surface area contributed by atoms with E-state index in [1.54, 1.807) is 24.0 Å². The number of rotatable bonds is 5. The monoisotopic (exact) mass is 481 g/mol. The van der Waals surface area contributed by atoms with Crippen LogP contribution in [-0.2, 0) is 22.6 Å². The lowest BCUT2D eigenvalue weighted by Gasteiger charge is -2.47. The Bertz CT molecular complexity index is 1460. The van der Waals surface area contributed by atoms with Crippen LogP contribution in [0.15, 0.2) is 72.8 Å². The van der Waals surface area contributed by atoms with E-state index in [0.29, 0.717) is 24.5 Å². The van der Waals surface area contributed by atoms with Gasteiger partial charge in [0.1, 0.15) is 12.6 Å². The van der Waals surface area contributed by atoms with Crippen molar-refractivity contribution >= 4 is 22.7 Å². The van der Waals surface area contributed by atoms with Gasteiger partial charge in [0.25, 0.3) is 0 Å². The van der Waals surface area contributed by atoms with Gasteiger partial charge in [0, 0.05) is 29.6 Å². The number of ether oxygens (including phenoxy) is 2. The van der Waals surface area contributed by atoms with Crippen LogP contribution >= 0.6 is 0 Å². The molecule has 2 unspecified atom stereocenters. The van der Waals surface area contributed by atoms with E-state index >= 15 is 0 Å². The molecular formula is C29H27N3O4. The number of nitrogens with zero attached hydrogens (tertiary/aromatic N) is 2. The van der Waals surface area contributed by atoms with Crippen LogP contribution < -0.4 is 9.47 Å². The lowest BCUT2D eigenvalue weighted by Crippen LogP contribution is -2.62. The number of hydrogen-bond donors (Lipinski definition) is 1. The first-order valence-electron chi connectivity index (χ1n) is 12.0. The summed E-state index contributed by atoms with van der Waals surface area (Å²) in [6.07, 6.45) is 0.471. The molecule has 182 valence electrons. The van der Waals surface area contributed by atoms with E-state index < -0.39 is 12.1 Å². The summed E-state index contributed by atoms with van der Waals surface area (Å²) in [5.41, 5.74) is 4.88. The number of para-hydroxylation sites is 1. The van der Waals surface area contributed by atoms with Crippen LogP contribution in [0.25, 0.3) is 10.9 Å². The maximum absolute atomic E-state index is 13.9. The zero-order chi connectivity index (χ0) is 24.8. The number of carbonyl (C=O) groups excluding carboxylic acids is 2. The van der Waals surface area contributed by atoms with Crippen LogP contribution in [0, 0.1) is 0 Å². The van der Waals surface area contributed by atoms with E-state index in [2.05, 4.69) is 11.1 Å². The van der Waals surface area contributed by atoms with Crippen molar-refractivity contribution in [2.75, 3.05) is 20.8 Å². The predicted molar refractivity (Wildman–Crippen MR) is 136 cm³/mol. The Balaban J connectivity index is 1.47. The summed E-state index contributed by atoms with van der Waals surface area (Å²) in [4.78, 5) is 34.6. The number of H-pyrrole nitrogens is 1. The zero-order valence-electron chi connectivity index (χ0n) is 20.2. The maximum Gasteiger partial charge on any atom is 0.246 e. The number of carbonyl (C=O) groups is 2. The van der Waals surface area contributed by atoms with Crippen molar-refractivity contribution in [2.45, 2.75) is 25.0 Å². The molecule has 0 aliphatic carbocycles. The highest BCUT2D eigenvalue weighted by Gasteiger charge is 2.48. The van der Waals surface area contributed by atoms with Crippen molar-refractivity contribution in [3.63, 3.8) is 0 Å². The van der Waals surface area contributed by atoms with E-state index in [0.717, 1.165) is 33.3 Å². The van der Waals surface area contributed by atoms with Crippen molar-refractivity contribution in [3.8, 4) is 11.5 Å². The Kier molecular flexibility index (Phi) is 5.40. The molecule has 0 bridgehead atoms. The summed E-state index contributed by atoms with van der Waals surface area (Å²) in [5, 5.41) is 1.08. The van der Waals surface area contributed by atoms with Crippen molar-refractivity contribution < 1.29 is 19.1 Å². The number of piperazine rings is 1. The molecule has 1 fully saturated rings. The van der Waals surface area contributed by atoms with Crippen molar-refractivity contribution in [2.24, 2.45) is 0 Å². The number of nitrogens with one attached hydrogen (secondary N) is 1. The zero-order valence-corrected chi connectivity index (χ0v) is 20.2. The van der Waals surface area contributed by atoms with Crippen molar-refractivity contribution in [1.29, 1.82) is 0 Å². The minimum Gasteiger partial charge on any atom is -0.493 e. The van der Waals surface area contributed by atoms with Gasteiger partial charge in [-0.2, -0.15) is 0 Å². The molecule has 1 N–H and O–H groups in total. The molecule has 2 aliphatic heterocycles. The summed E-state index contributed by atoms with van der Waals surface area (Å²) in [6, 6.07) is 22.6. The molecule has 2 atom stereocenters. The highest BCUT2D eigenvalue weighted by Crippen LogP contribution is 2.44. The molecule has 36 heavy (non-hydrogen) atoms. The number of hydrogen-bond acceptors (Lipinski definition) is 4. The number of methoxy groups -OCH3 is 2.